The number of rotatable bonds is 7. The minimum atomic E-state index is -1.11. The van der Waals surface area contributed by atoms with E-state index in [2.05, 4.69) is 35.7 Å². The number of amides is 2. The zero-order chi connectivity index (χ0) is 26.8. The number of ether oxygens (including phenoxy) is 1. The number of hydrogen-bond acceptors (Lipinski definition) is 8. The Hall–Kier alpha value is -4.81. The molecule has 38 heavy (non-hydrogen) atoms. The Labute approximate surface area is 215 Å². The molecule has 4 heterocycles. The summed E-state index contributed by atoms with van der Waals surface area (Å²) in [5.74, 6) is -1.37. The summed E-state index contributed by atoms with van der Waals surface area (Å²) in [6.07, 6.45) is 7.26. The van der Waals surface area contributed by atoms with Crippen LogP contribution in [0.15, 0.2) is 55.4 Å². The third-order valence-corrected chi connectivity index (χ3v) is 6.11. The van der Waals surface area contributed by atoms with Gasteiger partial charge in [-0.25, -0.2) is 24.1 Å². The third-order valence-electron chi connectivity index (χ3n) is 6.11. The summed E-state index contributed by atoms with van der Waals surface area (Å²) < 4.78 is 33.9. The number of nitrogens with zero attached hydrogens (tertiary/aromatic N) is 6. The van der Waals surface area contributed by atoms with Crippen molar-refractivity contribution in [3.63, 3.8) is 0 Å². The predicted octanol–water partition coefficient (Wildman–Crippen LogP) is 4.00. The molecule has 0 saturated heterocycles. The third kappa shape index (κ3) is 5.31. The first-order chi connectivity index (χ1) is 18.3. The monoisotopic (exact) mass is 520 g/mol. The van der Waals surface area contributed by atoms with E-state index in [1.54, 1.807) is 19.4 Å². The lowest BCUT2D eigenvalue weighted by molar-refractivity contribution is -0.117. The molecule has 0 aromatic carbocycles. The van der Waals surface area contributed by atoms with Crippen molar-refractivity contribution in [2.45, 2.75) is 25.4 Å². The Morgan fingerprint density at radius 1 is 1.11 bits per heavy atom. The second-order valence-electron chi connectivity index (χ2n) is 8.76. The van der Waals surface area contributed by atoms with Gasteiger partial charge in [-0.3, -0.25) is 19.8 Å². The van der Waals surface area contributed by atoms with Crippen LogP contribution in [0.5, 0.6) is 0 Å². The van der Waals surface area contributed by atoms with Crippen LogP contribution in [0.2, 0.25) is 0 Å². The first kappa shape index (κ1) is 24.9. The minimum absolute atomic E-state index is 0.124. The van der Waals surface area contributed by atoms with Crippen molar-refractivity contribution in [2.75, 3.05) is 10.6 Å². The van der Waals surface area contributed by atoms with E-state index in [-0.39, 0.29) is 34.9 Å². The summed E-state index contributed by atoms with van der Waals surface area (Å²) >= 11 is 0. The predicted molar refractivity (Wildman–Crippen MR) is 131 cm³/mol. The van der Waals surface area contributed by atoms with Gasteiger partial charge in [-0.05, 0) is 37.0 Å². The van der Waals surface area contributed by atoms with Gasteiger partial charge in [0, 0.05) is 25.4 Å². The average molecular weight is 521 g/mol. The molecule has 2 amide bonds. The lowest BCUT2D eigenvalue weighted by Gasteiger charge is -2.15. The average Bonchev–Trinajstić information content (AvgIpc) is 3.64. The van der Waals surface area contributed by atoms with Gasteiger partial charge in [0.2, 0.25) is 11.9 Å². The fourth-order valence-corrected chi connectivity index (χ4v) is 4.04. The molecule has 1 aliphatic rings. The van der Waals surface area contributed by atoms with Gasteiger partial charge in [0.1, 0.15) is 17.7 Å². The van der Waals surface area contributed by atoms with E-state index in [9.17, 15) is 18.4 Å². The van der Waals surface area contributed by atoms with Crippen molar-refractivity contribution in [2.24, 2.45) is 13.0 Å². The van der Waals surface area contributed by atoms with E-state index < -0.39 is 24.0 Å². The maximum absolute atomic E-state index is 13.9. The fourth-order valence-electron chi connectivity index (χ4n) is 4.04. The molecule has 1 saturated carbocycles. The Morgan fingerprint density at radius 2 is 1.89 bits per heavy atom. The molecule has 4 aromatic rings. The highest BCUT2D eigenvalue weighted by atomic mass is 19.1. The van der Waals surface area contributed by atoms with Crippen LogP contribution in [-0.4, -0.2) is 41.7 Å². The van der Waals surface area contributed by atoms with E-state index in [0.717, 1.165) is 24.2 Å². The number of halogens is 2. The molecule has 0 unspecified atom stereocenters. The molecule has 11 nitrogen and oxygen atoms in total. The normalized spacial score (nSPS) is 16.9. The highest BCUT2D eigenvalue weighted by molar-refractivity contribution is 5.95. The van der Waals surface area contributed by atoms with Gasteiger partial charge >= 0.3 is 6.09 Å². The second-order valence-corrected chi connectivity index (χ2v) is 8.76. The molecule has 13 heteroatoms. The van der Waals surface area contributed by atoms with Gasteiger partial charge in [-0.1, -0.05) is 6.07 Å². The molecule has 3 atom stereocenters. The number of pyridine rings is 2. The summed E-state index contributed by atoms with van der Waals surface area (Å²) in [5, 5.41) is 9.47. The summed E-state index contributed by atoms with van der Waals surface area (Å²) in [7, 11) is 1.58. The topological polar surface area (TPSA) is 137 Å². The van der Waals surface area contributed by atoms with E-state index in [1.807, 2.05) is 12.1 Å². The van der Waals surface area contributed by atoms with E-state index >= 15 is 0 Å². The SMILES string of the molecule is C[C@@H](OC(=O)Nc1c(-c2ncc(NC(=O)[C@@H]3C[C@H]3c3cccnc3)cn2)cnn1C)c1cc(F)cnc1F. The smallest absolute Gasteiger partial charge is 0.413 e. The Balaban J connectivity index is 1.22. The number of hydrogen-bond donors (Lipinski definition) is 2. The Kier molecular flexibility index (Phi) is 6.73. The maximum atomic E-state index is 13.9. The quantitative estimate of drug-likeness (QED) is 0.349. The van der Waals surface area contributed by atoms with Crippen molar-refractivity contribution in [3.05, 3.63) is 78.3 Å². The number of carbonyl (C=O) groups is 2. The highest BCUT2D eigenvalue weighted by Crippen LogP contribution is 2.47. The van der Waals surface area contributed by atoms with Crippen LogP contribution in [0.3, 0.4) is 0 Å². The van der Waals surface area contributed by atoms with Crippen LogP contribution in [0.1, 0.15) is 36.5 Å². The van der Waals surface area contributed by atoms with E-state index in [1.165, 1.54) is 30.2 Å². The molecule has 2 N–H and O–H groups in total. The summed E-state index contributed by atoms with van der Waals surface area (Å²) in [4.78, 5) is 41.1. The summed E-state index contributed by atoms with van der Waals surface area (Å²) in [6.45, 7) is 1.39. The standard InChI is InChI=1S/C25H22F2N8O3/c1-13(17-6-15(26)9-29-21(17)27)38-25(37)34-23-20(12-32-35(23)2)22-30-10-16(11-31-22)33-24(36)19-7-18(19)14-4-3-5-28-8-14/h3-6,8-13,18-19H,7H2,1-2H3,(H,33,36)(H,34,37)/t13-,18+,19-/m1/s1. The number of aryl methyl sites for hydroxylation is 1. The first-order valence-electron chi connectivity index (χ1n) is 11.6. The maximum Gasteiger partial charge on any atom is 0.413 e. The van der Waals surface area contributed by atoms with Gasteiger partial charge in [-0.15, -0.1) is 0 Å². The molecule has 5 rings (SSSR count). The second kappa shape index (κ2) is 10.3. The van der Waals surface area contributed by atoms with Crippen LogP contribution in [0.4, 0.5) is 25.1 Å². The lowest BCUT2D eigenvalue weighted by Crippen LogP contribution is -2.19. The summed E-state index contributed by atoms with van der Waals surface area (Å²) in [5.41, 5.74) is 1.63. The van der Waals surface area contributed by atoms with Crippen LogP contribution >= 0.6 is 0 Å². The molecule has 0 radical (unpaired) electrons. The number of aromatic nitrogens is 6. The van der Waals surface area contributed by atoms with Crippen LogP contribution in [0.25, 0.3) is 11.4 Å². The van der Waals surface area contributed by atoms with E-state index in [0.29, 0.717) is 11.3 Å². The van der Waals surface area contributed by atoms with Crippen molar-refractivity contribution in [1.82, 2.24) is 29.7 Å². The molecule has 0 spiro atoms. The van der Waals surface area contributed by atoms with Crippen molar-refractivity contribution in [1.29, 1.82) is 0 Å². The Morgan fingerprint density at radius 3 is 2.63 bits per heavy atom. The lowest BCUT2D eigenvalue weighted by atomic mass is 10.1. The number of nitrogens with one attached hydrogen (secondary N) is 2. The van der Waals surface area contributed by atoms with Gasteiger partial charge in [0.15, 0.2) is 5.82 Å². The van der Waals surface area contributed by atoms with Gasteiger partial charge in [0.05, 0.1) is 41.6 Å². The van der Waals surface area contributed by atoms with Crippen molar-refractivity contribution in [3.8, 4) is 11.4 Å². The molecule has 194 valence electrons. The zero-order valence-electron chi connectivity index (χ0n) is 20.3. The van der Waals surface area contributed by atoms with Gasteiger partial charge in [0.25, 0.3) is 0 Å². The van der Waals surface area contributed by atoms with Gasteiger partial charge < -0.3 is 10.1 Å². The number of anilines is 2. The Bertz CT molecular complexity index is 1480. The highest BCUT2D eigenvalue weighted by Gasteiger charge is 2.44. The van der Waals surface area contributed by atoms with Crippen LogP contribution in [0, 0.1) is 17.7 Å². The first-order valence-corrected chi connectivity index (χ1v) is 11.6. The van der Waals surface area contributed by atoms with Crippen molar-refractivity contribution < 1.29 is 23.1 Å². The molecular weight excluding hydrogens is 498 g/mol. The molecule has 4 aromatic heterocycles. The van der Waals surface area contributed by atoms with Crippen LogP contribution in [-0.2, 0) is 16.6 Å². The minimum Gasteiger partial charge on any atom is -0.441 e. The van der Waals surface area contributed by atoms with Gasteiger partial charge in [-0.2, -0.15) is 9.49 Å². The fraction of sp³-hybridized carbons (Fsp3) is 0.240. The summed E-state index contributed by atoms with van der Waals surface area (Å²) in [6, 6.07) is 4.71. The molecule has 0 aliphatic heterocycles. The molecule has 1 fully saturated rings. The van der Waals surface area contributed by atoms with Crippen LogP contribution < -0.4 is 10.6 Å². The molecule has 0 bridgehead atoms. The molecule has 1 aliphatic carbocycles. The zero-order valence-corrected chi connectivity index (χ0v) is 20.3. The number of carbonyl (C=O) groups excluding carboxylic acids is 2. The molecular formula is C25H22F2N8O3. The van der Waals surface area contributed by atoms with E-state index in [4.69, 9.17) is 4.74 Å². The largest absolute Gasteiger partial charge is 0.441 e. The van der Waals surface area contributed by atoms with Crippen molar-refractivity contribution >= 4 is 23.5 Å².